The number of phenols is 1. The van der Waals surface area contributed by atoms with Crippen LogP contribution in [0.2, 0.25) is 0 Å². The van der Waals surface area contributed by atoms with Crippen LogP contribution < -0.4 is 5.73 Å². The van der Waals surface area contributed by atoms with Crippen molar-refractivity contribution in [3.63, 3.8) is 0 Å². The monoisotopic (exact) mass is 462 g/mol. The summed E-state index contributed by atoms with van der Waals surface area (Å²) in [5, 5.41) is 54.7. The number of amides is 1. The lowest BCUT2D eigenvalue weighted by atomic mass is 9.54. The minimum absolute atomic E-state index is 0.367. The summed E-state index contributed by atoms with van der Waals surface area (Å²) in [6.45, 7) is 1.18. The van der Waals surface area contributed by atoms with Crippen LogP contribution in [-0.2, 0) is 20.0 Å². The van der Waals surface area contributed by atoms with E-state index in [0.29, 0.717) is 0 Å². The molecular weight excluding hydrogens is 439 g/mol. The Morgan fingerprint density at radius 2 is 1.79 bits per heavy atom. The molecule has 0 aliphatic heterocycles. The average molecular weight is 462 g/mol. The SMILES string of the molecule is CN(C)[C@@H]1C(=O)C(C(N)=O)=C(O)[C@]2(O)C(=O)C3=C(O)c4c(O)ccc(F)c4C(C)(O)[C@H]3C[C@H]12. The molecule has 0 bridgehead atoms. The number of nitrogens with two attached hydrogens (primary N) is 1. The van der Waals surface area contributed by atoms with E-state index in [1.54, 1.807) is 0 Å². The molecule has 1 unspecified atom stereocenters. The summed E-state index contributed by atoms with van der Waals surface area (Å²) in [6, 6.07) is 0.505. The lowest BCUT2D eigenvalue weighted by molar-refractivity contribution is -0.159. The highest BCUT2D eigenvalue weighted by Crippen LogP contribution is 2.57. The molecule has 1 aromatic rings. The Hall–Kier alpha value is -3.28. The van der Waals surface area contributed by atoms with Crippen LogP contribution in [0.5, 0.6) is 5.75 Å². The fourth-order valence-corrected chi connectivity index (χ4v) is 5.58. The molecule has 0 spiro atoms. The molecule has 5 atom stereocenters. The molecule has 0 aromatic heterocycles. The van der Waals surface area contributed by atoms with Crippen LogP contribution in [0.1, 0.15) is 24.5 Å². The van der Waals surface area contributed by atoms with Gasteiger partial charge in [0.25, 0.3) is 5.91 Å². The predicted molar refractivity (Wildman–Crippen MR) is 110 cm³/mol. The number of Topliss-reactive ketones (excluding diaryl/α,β-unsaturated/α-hetero) is 2. The summed E-state index contributed by atoms with van der Waals surface area (Å²) in [6.07, 6.45) is -0.367. The van der Waals surface area contributed by atoms with Gasteiger partial charge >= 0.3 is 0 Å². The molecule has 7 N–H and O–H groups in total. The van der Waals surface area contributed by atoms with Gasteiger partial charge in [-0.3, -0.25) is 19.3 Å². The van der Waals surface area contributed by atoms with Crippen molar-refractivity contribution in [1.82, 2.24) is 4.90 Å². The zero-order valence-corrected chi connectivity index (χ0v) is 18.0. The second kappa shape index (κ2) is 6.86. The molecule has 0 saturated heterocycles. The van der Waals surface area contributed by atoms with E-state index in [-0.39, 0.29) is 6.42 Å². The Labute approximate surface area is 187 Å². The van der Waals surface area contributed by atoms with Gasteiger partial charge in [-0.25, -0.2) is 4.39 Å². The number of rotatable bonds is 2. The van der Waals surface area contributed by atoms with Gasteiger partial charge in [-0.05, 0) is 39.6 Å². The average Bonchev–Trinajstić information content (AvgIpc) is 2.69. The van der Waals surface area contributed by atoms with E-state index in [4.69, 9.17) is 5.73 Å². The molecule has 10 nitrogen and oxygen atoms in total. The molecule has 33 heavy (non-hydrogen) atoms. The minimum Gasteiger partial charge on any atom is -0.508 e. The van der Waals surface area contributed by atoms with Crippen molar-refractivity contribution in [1.29, 1.82) is 0 Å². The fourth-order valence-electron chi connectivity index (χ4n) is 5.58. The molecule has 3 aliphatic carbocycles. The number of benzene rings is 1. The Bertz CT molecular complexity index is 1200. The first-order chi connectivity index (χ1) is 15.2. The molecular formula is C22H23FN2O8. The summed E-state index contributed by atoms with van der Waals surface area (Å²) in [5.41, 5.74) is -2.26. The van der Waals surface area contributed by atoms with E-state index in [9.17, 15) is 44.3 Å². The number of carbonyl (C=O) groups is 3. The molecule has 11 heteroatoms. The molecule has 0 heterocycles. The van der Waals surface area contributed by atoms with Crippen molar-refractivity contribution in [3.05, 3.63) is 46.0 Å². The number of aliphatic hydroxyl groups is 4. The number of fused-ring (bicyclic) bond motifs is 3. The smallest absolute Gasteiger partial charge is 0.255 e. The van der Waals surface area contributed by atoms with Crippen LogP contribution in [0.3, 0.4) is 0 Å². The number of carbonyl (C=O) groups excluding carboxylic acids is 3. The summed E-state index contributed by atoms with van der Waals surface area (Å²) >= 11 is 0. The van der Waals surface area contributed by atoms with Crippen LogP contribution in [0.25, 0.3) is 5.76 Å². The van der Waals surface area contributed by atoms with Crippen molar-refractivity contribution in [2.75, 3.05) is 14.1 Å². The highest BCUT2D eigenvalue weighted by molar-refractivity contribution is 6.24. The first-order valence-corrected chi connectivity index (χ1v) is 10.1. The molecule has 4 rings (SSSR count). The van der Waals surface area contributed by atoms with E-state index in [2.05, 4.69) is 0 Å². The summed E-state index contributed by atoms with van der Waals surface area (Å²) < 4.78 is 14.8. The van der Waals surface area contributed by atoms with Gasteiger partial charge in [-0.15, -0.1) is 0 Å². The zero-order chi connectivity index (χ0) is 24.8. The molecule has 1 saturated carbocycles. The third-order valence-corrected chi connectivity index (χ3v) is 7.07. The Balaban J connectivity index is 2.07. The van der Waals surface area contributed by atoms with E-state index in [1.807, 2.05) is 0 Å². The standard InChI is InChI=1S/C22H23FN2O8/c1-21(32)7-6-8-15(25(2)3)17(28)13(20(24)31)19(30)22(8,33)18(29)11(7)16(27)12-10(26)5-4-9(23)14(12)21/h4-5,7-8,15,26-27,30,32-33H,6H2,1-3H3,(H2,24,31)/t7-,8+,15-,21?,22+/m0/s1. The van der Waals surface area contributed by atoms with Gasteiger partial charge in [0.05, 0.1) is 17.2 Å². The number of ketones is 2. The third-order valence-electron chi connectivity index (χ3n) is 7.07. The molecule has 1 fully saturated rings. The number of halogens is 1. The van der Waals surface area contributed by atoms with Crippen LogP contribution in [0.4, 0.5) is 4.39 Å². The normalized spacial score (nSPS) is 33.7. The Kier molecular flexibility index (Phi) is 4.76. The fraction of sp³-hybridized carbons (Fsp3) is 0.409. The topological polar surface area (TPSA) is 182 Å². The number of hydrogen-bond acceptors (Lipinski definition) is 9. The predicted octanol–water partition coefficient (Wildman–Crippen LogP) is -0.232. The maximum atomic E-state index is 14.8. The lowest BCUT2D eigenvalue weighted by Crippen LogP contribution is -2.67. The lowest BCUT2D eigenvalue weighted by Gasteiger charge is -2.53. The second-order valence-electron chi connectivity index (χ2n) is 9.08. The van der Waals surface area contributed by atoms with Gasteiger partial charge in [0, 0.05) is 23.0 Å². The molecule has 3 aliphatic rings. The van der Waals surface area contributed by atoms with Crippen molar-refractivity contribution in [3.8, 4) is 5.75 Å². The van der Waals surface area contributed by atoms with Crippen molar-refractivity contribution in [2.24, 2.45) is 17.6 Å². The van der Waals surface area contributed by atoms with E-state index >= 15 is 0 Å². The Morgan fingerprint density at radius 1 is 1.18 bits per heavy atom. The van der Waals surface area contributed by atoms with Gasteiger partial charge in [-0.1, -0.05) is 0 Å². The molecule has 176 valence electrons. The first-order valence-electron chi connectivity index (χ1n) is 10.1. The summed E-state index contributed by atoms with van der Waals surface area (Å²) in [7, 11) is 2.90. The molecule has 1 aromatic carbocycles. The zero-order valence-electron chi connectivity index (χ0n) is 18.0. The molecule has 0 radical (unpaired) electrons. The summed E-state index contributed by atoms with van der Waals surface area (Å²) in [5.74, 6) is -10.0. The first kappa shape index (κ1) is 22.9. The number of nitrogens with zero attached hydrogens (tertiary/aromatic N) is 1. The number of primary amides is 1. The van der Waals surface area contributed by atoms with E-state index in [1.165, 1.54) is 25.9 Å². The quantitative estimate of drug-likeness (QED) is 0.323. The van der Waals surface area contributed by atoms with Crippen molar-refractivity contribution in [2.45, 2.75) is 30.6 Å². The van der Waals surface area contributed by atoms with E-state index in [0.717, 1.165) is 12.1 Å². The van der Waals surface area contributed by atoms with Crippen molar-refractivity contribution < 1.29 is 44.3 Å². The molecule has 1 amide bonds. The number of aromatic hydroxyl groups is 1. The summed E-state index contributed by atoms with van der Waals surface area (Å²) in [4.78, 5) is 39.9. The maximum Gasteiger partial charge on any atom is 0.255 e. The van der Waals surface area contributed by atoms with Crippen LogP contribution in [0.15, 0.2) is 29.0 Å². The van der Waals surface area contributed by atoms with Gasteiger partial charge in [-0.2, -0.15) is 0 Å². The van der Waals surface area contributed by atoms with Crippen LogP contribution >= 0.6 is 0 Å². The minimum atomic E-state index is -2.84. The van der Waals surface area contributed by atoms with Gasteiger partial charge < -0.3 is 31.3 Å². The largest absolute Gasteiger partial charge is 0.508 e. The highest BCUT2D eigenvalue weighted by atomic mass is 19.1. The number of likely N-dealkylation sites (N-methyl/N-ethyl adjacent to an activating group) is 1. The van der Waals surface area contributed by atoms with Crippen LogP contribution in [0, 0.1) is 17.7 Å². The Morgan fingerprint density at radius 3 is 2.33 bits per heavy atom. The number of hydrogen-bond donors (Lipinski definition) is 6. The van der Waals surface area contributed by atoms with Crippen LogP contribution in [-0.4, -0.2) is 73.6 Å². The van der Waals surface area contributed by atoms with Crippen molar-refractivity contribution >= 4 is 23.2 Å². The second-order valence-corrected chi connectivity index (χ2v) is 9.08. The maximum absolute atomic E-state index is 14.8. The highest BCUT2D eigenvalue weighted by Gasteiger charge is 2.66. The van der Waals surface area contributed by atoms with Gasteiger partial charge in [0.1, 0.15) is 28.7 Å². The number of aliphatic hydroxyl groups excluding tert-OH is 2. The van der Waals surface area contributed by atoms with Gasteiger partial charge in [0.15, 0.2) is 11.4 Å². The van der Waals surface area contributed by atoms with Gasteiger partial charge in [0.2, 0.25) is 5.78 Å². The third kappa shape index (κ3) is 2.66. The number of phenolic OH excluding ortho intramolecular Hbond substituents is 1. The van der Waals surface area contributed by atoms with E-state index < -0.39 is 91.9 Å².